The molecule has 1 aromatic heterocycles. The van der Waals surface area contributed by atoms with Crippen molar-refractivity contribution >= 4 is 21.5 Å². The molecule has 0 saturated carbocycles. The number of nitrogens with one attached hydrogen (secondary N) is 1. The van der Waals surface area contributed by atoms with E-state index in [4.69, 9.17) is 0 Å². The first-order valence-electron chi connectivity index (χ1n) is 4.06. The van der Waals surface area contributed by atoms with Crippen LogP contribution in [-0.4, -0.2) is 24.1 Å². The number of aromatic nitrogens is 1. The number of sulfonamides is 1. The van der Waals surface area contributed by atoms with Crippen molar-refractivity contribution < 1.29 is 13.3 Å². The molecule has 0 saturated heterocycles. The smallest absolute Gasteiger partial charge is 0.262 e. The maximum absolute atomic E-state index is 11.2. The van der Waals surface area contributed by atoms with Crippen molar-refractivity contribution in [2.45, 2.75) is 6.92 Å². The first-order chi connectivity index (χ1) is 6.96. The van der Waals surface area contributed by atoms with Gasteiger partial charge in [-0.3, -0.25) is 14.8 Å². The van der Waals surface area contributed by atoms with Crippen LogP contribution in [0.5, 0.6) is 0 Å². The number of nitro groups is 1. The summed E-state index contributed by atoms with van der Waals surface area (Å²) in [5.41, 5.74) is -0.366. The van der Waals surface area contributed by atoms with Crippen molar-refractivity contribution in [3.8, 4) is 0 Å². The van der Waals surface area contributed by atoms with Gasteiger partial charge >= 0.3 is 5.69 Å². The minimum absolute atomic E-state index is 0.166. The number of anilines is 1. The Hall–Kier alpha value is -1.70. The van der Waals surface area contributed by atoms with Crippen LogP contribution in [0, 0.1) is 10.1 Å². The molecule has 0 unspecified atom stereocenters. The number of nitrogens with zero attached hydrogens (tertiary/aromatic N) is 2. The highest BCUT2D eigenvalue weighted by Gasteiger charge is 2.18. The Bertz CT molecular complexity index is 471. The van der Waals surface area contributed by atoms with Crippen LogP contribution in [0.25, 0.3) is 0 Å². The molecule has 0 radical (unpaired) electrons. The average molecular weight is 231 g/mol. The van der Waals surface area contributed by atoms with Crippen molar-refractivity contribution in [3.05, 3.63) is 28.4 Å². The molecule has 0 bridgehead atoms. The first kappa shape index (κ1) is 11.4. The molecule has 1 rings (SSSR count). The number of hydrogen-bond donors (Lipinski definition) is 1. The van der Waals surface area contributed by atoms with Crippen molar-refractivity contribution in [3.63, 3.8) is 0 Å². The molecule has 82 valence electrons. The van der Waals surface area contributed by atoms with Gasteiger partial charge in [-0.05, 0) is 13.0 Å². The maximum atomic E-state index is 11.2. The molecular formula is C7H9N3O4S. The molecule has 0 amide bonds. The van der Waals surface area contributed by atoms with Gasteiger partial charge in [0.05, 0.1) is 10.7 Å². The Labute approximate surface area is 86.3 Å². The van der Waals surface area contributed by atoms with E-state index in [1.807, 2.05) is 4.72 Å². The van der Waals surface area contributed by atoms with Crippen LogP contribution >= 0.6 is 0 Å². The largest absolute Gasteiger partial charge is 0.312 e. The lowest BCUT2D eigenvalue weighted by Crippen LogP contribution is -2.16. The number of pyridine rings is 1. The summed E-state index contributed by atoms with van der Waals surface area (Å²) in [5, 5.41) is 10.5. The lowest BCUT2D eigenvalue weighted by molar-refractivity contribution is -0.384. The Balaban J connectivity index is 3.10. The number of hydrogen-bond acceptors (Lipinski definition) is 5. The monoisotopic (exact) mass is 231 g/mol. The minimum Gasteiger partial charge on any atom is -0.262 e. The van der Waals surface area contributed by atoms with Crippen molar-refractivity contribution in [1.82, 2.24) is 4.98 Å². The second-order valence-corrected chi connectivity index (χ2v) is 4.64. The summed E-state index contributed by atoms with van der Waals surface area (Å²) in [6.07, 6.45) is 1.28. The van der Waals surface area contributed by atoms with Gasteiger partial charge in [0.15, 0.2) is 0 Å². The van der Waals surface area contributed by atoms with Crippen molar-refractivity contribution in [2.75, 3.05) is 10.5 Å². The average Bonchev–Trinajstić information content (AvgIpc) is 2.18. The fraction of sp³-hybridized carbons (Fsp3) is 0.286. The van der Waals surface area contributed by atoms with E-state index >= 15 is 0 Å². The van der Waals surface area contributed by atoms with Crippen LogP contribution < -0.4 is 4.72 Å². The standard InChI is InChI=1S/C7H9N3O4S/c1-2-15(13,14)9-7-6(10(11)12)4-3-5-8-7/h3-5H,2H2,1H3,(H,8,9). The van der Waals surface area contributed by atoms with Crippen molar-refractivity contribution in [1.29, 1.82) is 0 Å². The fourth-order valence-electron chi connectivity index (χ4n) is 0.842. The third-order valence-electron chi connectivity index (χ3n) is 1.62. The molecule has 0 fully saturated rings. The first-order valence-corrected chi connectivity index (χ1v) is 5.71. The molecule has 0 atom stereocenters. The van der Waals surface area contributed by atoms with E-state index in [-0.39, 0.29) is 17.3 Å². The van der Waals surface area contributed by atoms with E-state index in [1.54, 1.807) is 0 Å². The summed E-state index contributed by atoms with van der Waals surface area (Å²) < 4.78 is 24.4. The quantitative estimate of drug-likeness (QED) is 0.608. The zero-order chi connectivity index (χ0) is 11.5. The van der Waals surface area contributed by atoms with Gasteiger partial charge in [0, 0.05) is 12.3 Å². The van der Waals surface area contributed by atoms with Gasteiger partial charge in [-0.25, -0.2) is 13.4 Å². The Morgan fingerprint density at radius 2 is 2.27 bits per heavy atom. The normalized spacial score (nSPS) is 11.0. The van der Waals surface area contributed by atoms with E-state index in [2.05, 4.69) is 4.98 Å². The molecule has 1 aromatic rings. The maximum Gasteiger partial charge on any atom is 0.312 e. The lowest BCUT2D eigenvalue weighted by Gasteiger charge is -2.04. The molecule has 7 nitrogen and oxygen atoms in total. The molecule has 15 heavy (non-hydrogen) atoms. The summed E-state index contributed by atoms with van der Waals surface area (Å²) in [5.74, 6) is -0.426. The van der Waals surface area contributed by atoms with Crippen LogP contribution in [0.1, 0.15) is 6.92 Å². The van der Waals surface area contributed by atoms with Gasteiger partial charge < -0.3 is 0 Å². The molecule has 0 aromatic carbocycles. The third-order valence-corrected chi connectivity index (χ3v) is 2.88. The molecular weight excluding hydrogens is 222 g/mol. The summed E-state index contributed by atoms with van der Waals surface area (Å²) in [4.78, 5) is 13.4. The molecule has 0 spiro atoms. The molecule has 8 heteroatoms. The summed E-state index contributed by atoms with van der Waals surface area (Å²) in [7, 11) is -3.55. The van der Waals surface area contributed by atoms with Gasteiger partial charge in [-0.15, -0.1) is 0 Å². The van der Waals surface area contributed by atoms with Gasteiger partial charge in [0.2, 0.25) is 15.8 Å². The molecule has 1 heterocycles. The van der Waals surface area contributed by atoms with Gasteiger partial charge in [0.25, 0.3) is 0 Å². The van der Waals surface area contributed by atoms with Gasteiger partial charge in [-0.2, -0.15) is 0 Å². The molecule has 1 N–H and O–H groups in total. The van der Waals surface area contributed by atoms with Gasteiger partial charge in [-0.1, -0.05) is 0 Å². The zero-order valence-corrected chi connectivity index (χ0v) is 8.69. The van der Waals surface area contributed by atoms with E-state index in [0.29, 0.717) is 0 Å². The molecule has 0 aliphatic carbocycles. The van der Waals surface area contributed by atoms with E-state index in [1.165, 1.54) is 25.3 Å². The van der Waals surface area contributed by atoms with E-state index in [0.717, 1.165) is 0 Å². The zero-order valence-electron chi connectivity index (χ0n) is 7.87. The van der Waals surface area contributed by atoms with Crippen LogP contribution in [-0.2, 0) is 10.0 Å². The lowest BCUT2D eigenvalue weighted by atomic mass is 10.4. The highest BCUT2D eigenvalue weighted by molar-refractivity contribution is 7.92. The van der Waals surface area contributed by atoms with Crippen LogP contribution in [0.3, 0.4) is 0 Å². The van der Waals surface area contributed by atoms with Crippen LogP contribution in [0.4, 0.5) is 11.5 Å². The predicted octanol–water partition coefficient (Wildman–Crippen LogP) is 0.751. The highest BCUT2D eigenvalue weighted by atomic mass is 32.2. The summed E-state index contributed by atoms with van der Waals surface area (Å²) in [6.45, 7) is 1.43. The fourth-order valence-corrected chi connectivity index (χ4v) is 1.44. The SMILES string of the molecule is CCS(=O)(=O)Nc1ncccc1[N+](=O)[O-]. The molecule has 0 aliphatic rings. The van der Waals surface area contributed by atoms with Gasteiger partial charge in [0.1, 0.15) is 0 Å². The third kappa shape index (κ3) is 2.88. The number of rotatable bonds is 4. The summed E-state index contributed by atoms with van der Waals surface area (Å²) in [6, 6.07) is 2.54. The Morgan fingerprint density at radius 3 is 2.80 bits per heavy atom. The van der Waals surface area contributed by atoms with Crippen LogP contribution in [0.15, 0.2) is 18.3 Å². The van der Waals surface area contributed by atoms with E-state index in [9.17, 15) is 18.5 Å². The Morgan fingerprint density at radius 1 is 1.60 bits per heavy atom. The van der Waals surface area contributed by atoms with E-state index < -0.39 is 14.9 Å². The topological polar surface area (TPSA) is 102 Å². The second-order valence-electron chi connectivity index (χ2n) is 2.63. The molecule has 0 aliphatic heterocycles. The van der Waals surface area contributed by atoms with Crippen LogP contribution in [0.2, 0.25) is 0 Å². The highest BCUT2D eigenvalue weighted by Crippen LogP contribution is 2.21. The second kappa shape index (κ2) is 4.22. The minimum atomic E-state index is -3.55. The predicted molar refractivity (Wildman–Crippen MR) is 54.0 cm³/mol. The Kier molecular flexibility index (Phi) is 3.20. The summed E-state index contributed by atoms with van der Waals surface area (Å²) >= 11 is 0. The van der Waals surface area contributed by atoms with Crippen molar-refractivity contribution in [2.24, 2.45) is 0 Å².